The number of amides is 1. The van der Waals surface area contributed by atoms with Crippen LogP contribution in [0.1, 0.15) is 18.9 Å². The summed E-state index contributed by atoms with van der Waals surface area (Å²) in [6.07, 6.45) is 7.67. The van der Waals surface area contributed by atoms with Crippen molar-refractivity contribution in [3.05, 3.63) is 65.9 Å². The van der Waals surface area contributed by atoms with Gasteiger partial charge in [0.15, 0.2) is 0 Å². The summed E-state index contributed by atoms with van der Waals surface area (Å²) in [5.74, 6) is 2.04. The molecule has 0 radical (unpaired) electrons. The number of nitrogens with zero attached hydrogens (tertiary/aromatic N) is 5. The van der Waals surface area contributed by atoms with Crippen LogP contribution in [0.25, 0.3) is 22.2 Å². The van der Waals surface area contributed by atoms with Crippen molar-refractivity contribution in [2.45, 2.75) is 18.9 Å². The fourth-order valence-corrected chi connectivity index (χ4v) is 7.00. The van der Waals surface area contributed by atoms with Crippen LogP contribution in [-0.4, -0.2) is 65.7 Å². The normalized spacial score (nSPS) is 20.1. The number of aromatic nitrogens is 3. The molecule has 9 nitrogen and oxygen atoms in total. The molecule has 2 saturated heterocycles. The average molecular weight is 629 g/mol. The summed E-state index contributed by atoms with van der Waals surface area (Å²) in [5, 5.41) is 7.55. The van der Waals surface area contributed by atoms with Crippen molar-refractivity contribution in [1.29, 1.82) is 0 Å². The molecule has 0 unspecified atom stereocenters. The van der Waals surface area contributed by atoms with E-state index < -0.39 is 0 Å². The summed E-state index contributed by atoms with van der Waals surface area (Å²) in [5.41, 5.74) is 5.38. The summed E-state index contributed by atoms with van der Waals surface area (Å²) in [6, 6.07) is 12.9. The van der Waals surface area contributed by atoms with E-state index in [9.17, 15) is 4.79 Å². The van der Waals surface area contributed by atoms with Crippen LogP contribution in [0.15, 0.2) is 65.9 Å². The zero-order chi connectivity index (χ0) is 29.0. The summed E-state index contributed by atoms with van der Waals surface area (Å²) >= 11 is 3.69. The standard InChI is InChI=1S/C32H34BrN7O2/c1-4-30(41)35-25-11-26(29(42-3)12-28(25)39-16-19-14-38(2)15-20(19)17-39)36-32-34-13-24(33)31(37-32)23-18-40(21-9-10-21)27-8-6-5-7-22(23)27/h4-8,11-13,18-21H,1,9-10,14-17H2,2-3H3,(H,35,41)(H,34,36,37)/t19-,20+. The second kappa shape index (κ2) is 10.7. The Balaban J connectivity index is 1.24. The van der Waals surface area contributed by atoms with Gasteiger partial charge in [0.05, 0.1) is 34.3 Å². The topological polar surface area (TPSA) is 87.5 Å². The zero-order valence-electron chi connectivity index (χ0n) is 23.8. The van der Waals surface area contributed by atoms with Crippen LogP contribution >= 0.6 is 15.9 Å². The fraction of sp³-hybridized carbons (Fsp3) is 0.344. The Kier molecular flexibility index (Phi) is 6.90. The van der Waals surface area contributed by atoms with Crippen molar-refractivity contribution in [1.82, 2.24) is 19.4 Å². The minimum atomic E-state index is -0.263. The number of hydrogen-bond donors (Lipinski definition) is 2. The van der Waals surface area contributed by atoms with Crippen molar-refractivity contribution >= 4 is 55.8 Å². The van der Waals surface area contributed by atoms with E-state index in [-0.39, 0.29) is 5.91 Å². The fourth-order valence-electron chi connectivity index (χ4n) is 6.59. The SMILES string of the molecule is C=CC(=O)Nc1cc(Nc2ncc(Br)c(-c3cn(C4CC4)c4ccccc34)n2)c(OC)cc1N1C[C@H]2CN(C)C[C@H]2C1. The van der Waals surface area contributed by atoms with Gasteiger partial charge in [-0.2, -0.15) is 0 Å². The molecule has 2 aromatic heterocycles. The van der Waals surface area contributed by atoms with Gasteiger partial charge in [-0.25, -0.2) is 9.97 Å². The average Bonchev–Trinajstić information content (AvgIpc) is 3.52. The lowest BCUT2D eigenvalue weighted by atomic mass is 10.0. The molecule has 1 aliphatic carbocycles. The molecule has 10 heteroatoms. The Hall–Kier alpha value is -3.89. The molecule has 2 N–H and O–H groups in total. The predicted octanol–water partition coefficient (Wildman–Crippen LogP) is 6.07. The van der Waals surface area contributed by atoms with Gasteiger partial charge in [0.1, 0.15) is 5.75 Å². The molecule has 0 spiro atoms. The van der Waals surface area contributed by atoms with Crippen LogP contribution in [-0.2, 0) is 4.79 Å². The molecular formula is C32H34BrN7O2. The number of carbonyl (C=O) groups excluding carboxylic acids is 1. The molecule has 3 aliphatic rings. The first-order valence-corrected chi connectivity index (χ1v) is 15.2. The van der Waals surface area contributed by atoms with E-state index in [0.29, 0.717) is 41.0 Å². The molecular weight excluding hydrogens is 594 g/mol. The van der Waals surface area contributed by atoms with Crippen molar-refractivity contribution in [3.8, 4) is 17.0 Å². The van der Waals surface area contributed by atoms with Gasteiger partial charge in [-0.1, -0.05) is 24.8 Å². The summed E-state index contributed by atoms with van der Waals surface area (Å²) in [4.78, 5) is 26.8. The number of fused-ring (bicyclic) bond motifs is 2. The van der Waals surface area contributed by atoms with Crippen LogP contribution < -0.4 is 20.3 Å². The second-order valence-corrected chi connectivity index (χ2v) is 12.5. The Morgan fingerprint density at radius 3 is 2.60 bits per heavy atom. The number of likely N-dealkylation sites (tertiary alicyclic amines) is 1. The molecule has 0 bridgehead atoms. The molecule has 1 amide bonds. The molecule has 2 atom stereocenters. The molecule has 2 aromatic carbocycles. The van der Waals surface area contributed by atoms with Crippen LogP contribution in [0.4, 0.5) is 23.0 Å². The molecule has 7 rings (SSSR count). The Labute approximate surface area is 253 Å². The van der Waals surface area contributed by atoms with E-state index in [1.54, 1.807) is 13.3 Å². The second-order valence-electron chi connectivity index (χ2n) is 11.6. The third kappa shape index (κ3) is 4.92. The monoisotopic (exact) mass is 627 g/mol. The van der Waals surface area contributed by atoms with E-state index in [2.05, 4.69) is 90.0 Å². The van der Waals surface area contributed by atoms with E-state index in [1.165, 1.54) is 24.4 Å². The Morgan fingerprint density at radius 2 is 1.88 bits per heavy atom. The highest BCUT2D eigenvalue weighted by molar-refractivity contribution is 9.10. The molecule has 42 heavy (non-hydrogen) atoms. The number of nitrogens with one attached hydrogen (secondary N) is 2. The lowest BCUT2D eigenvalue weighted by Crippen LogP contribution is -2.27. The van der Waals surface area contributed by atoms with E-state index in [0.717, 1.165) is 53.0 Å². The van der Waals surface area contributed by atoms with Crippen LogP contribution in [0, 0.1) is 11.8 Å². The van der Waals surface area contributed by atoms with Gasteiger partial charge in [0, 0.05) is 67.1 Å². The number of halogens is 1. The van der Waals surface area contributed by atoms with Crippen molar-refractivity contribution in [2.75, 3.05) is 55.9 Å². The van der Waals surface area contributed by atoms with Gasteiger partial charge >= 0.3 is 0 Å². The number of benzene rings is 2. The van der Waals surface area contributed by atoms with Gasteiger partial charge in [0.25, 0.3) is 0 Å². The number of carbonyl (C=O) groups is 1. The molecule has 2 aliphatic heterocycles. The highest BCUT2D eigenvalue weighted by Gasteiger charge is 2.39. The van der Waals surface area contributed by atoms with Gasteiger partial charge < -0.3 is 29.7 Å². The minimum Gasteiger partial charge on any atom is -0.494 e. The van der Waals surface area contributed by atoms with Gasteiger partial charge in [0.2, 0.25) is 11.9 Å². The maximum absolute atomic E-state index is 12.5. The smallest absolute Gasteiger partial charge is 0.247 e. The minimum absolute atomic E-state index is 0.263. The Bertz CT molecular complexity index is 1680. The highest BCUT2D eigenvalue weighted by atomic mass is 79.9. The molecule has 216 valence electrons. The number of methoxy groups -OCH3 is 1. The maximum atomic E-state index is 12.5. The first kappa shape index (κ1) is 27.0. The highest BCUT2D eigenvalue weighted by Crippen LogP contribution is 2.44. The largest absolute Gasteiger partial charge is 0.494 e. The van der Waals surface area contributed by atoms with E-state index in [1.807, 2.05) is 12.1 Å². The quantitative estimate of drug-likeness (QED) is 0.229. The number of ether oxygens (including phenoxy) is 1. The maximum Gasteiger partial charge on any atom is 0.247 e. The first-order valence-electron chi connectivity index (χ1n) is 14.4. The van der Waals surface area contributed by atoms with E-state index >= 15 is 0 Å². The van der Waals surface area contributed by atoms with Crippen LogP contribution in [0.5, 0.6) is 5.75 Å². The number of para-hydroxylation sites is 1. The molecule has 4 heterocycles. The third-order valence-electron chi connectivity index (χ3n) is 8.70. The third-order valence-corrected chi connectivity index (χ3v) is 9.28. The first-order chi connectivity index (χ1) is 20.4. The van der Waals surface area contributed by atoms with Crippen LogP contribution in [0.2, 0.25) is 0 Å². The lowest BCUT2D eigenvalue weighted by Gasteiger charge is -2.26. The van der Waals surface area contributed by atoms with Gasteiger partial charge in [-0.15, -0.1) is 0 Å². The number of hydrogen-bond acceptors (Lipinski definition) is 7. The predicted molar refractivity (Wildman–Crippen MR) is 171 cm³/mol. The number of anilines is 4. The van der Waals surface area contributed by atoms with E-state index in [4.69, 9.17) is 9.72 Å². The molecule has 1 saturated carbocycles. The van der Waals surface area contributed by atoms with Crippen molar-refractivity contribution < 1.29 is 9.53 Å². The summed E-state index contributed by atoms with van der Waals surface area (Å²) < 4.78 is 9.04. The molecule has 4 aromatic rings. The zero-order valence-corrected chi connectivity index (χ0v) is 25.4. The lowest BCUT2D eigenvalue weighted by molar-refractivity contribution is -0.111. The van der Waals surface area contributed by atoms with Gasteiger partial charge in [-0.3, -0.25) is 4.79 Å². The Morgan fingerprint density at radius 1 is 1.12 bits per heavy atom. The van der Waals surface area contributed by atoms with Crippen molar-refractivity contribution in [2.24, 2.45) is 11.8 Å². The van der Waals surface area contributed by atoms with Gasteiger partial charge in [-0.05, 0) is 65.9 Å². The summed E-state index contributed by atoms with van der Waals surface area (Å²) in [7, 11) is 3.84. The molecule has 3 fully saturated rings. The summed E-state index contributed by atoms with van der Waals surface area (Å²) in [6.45, 7) is 7.71. The van der Waals surface area contributed by atoms with Crippen molar-refractivity contribution in [3.63, 3.8) is 0 Å². The number of rotatable bonds is 8. The van der Waals surface area contributed by atoms with Crippen LogP contribution in [0.3, 0.4) is 0 Å².